The number of hydrogen-bond acceptors (Lipinski definition) is 4. The number of amides is 1. The van der Waals surface area contributed by atoms with Gasteiger partial charge in [-0.25, -0.2) is 0 Å². The first kappa shape index (κ1) is 17.7. The Morgan fingerprint density at radius 2 is 2.24 bits per heavy atom. The minimum atomic E-state index is -0.779. The van der Waals surface area contributed by atoms with Crippen LogP contribution in [0.25, 0.3) is 0 Å². The normalized spacial score (nSPS) is 24.3. The van der Waals surface area contributed by atoms with Crippen molar-refractivity contribution >= 4 is 11.9 Å². The Bertz CT molecular complexity index is 384. The average Bonchev–Trinajstić information content (AvgIpc) is 2.80. The predicted molar refractivity (Wildman–Crippen MR) is 79.8 cm³/mol. The number of carbonyl (C=O) groups excluding carboxylic acids is 1. The molecule has 1 aliphatic rings. The van der Waals surface area contributed by atoms with E-state index in [0.29, 0.717) is 13.0 Å². The first-order valence-electron chi connectivity index (χ1n) is 7.43. The second-order valence-electron chi connectivity index (χ2n) is 5.40. The number of carboxylic acids is 1. The lowest BCUT2D eigenvalue weighted by molar-refractivity contribution is -0.142. The fourth-order valence-electron chi connectivity index (χ4n) is 2.63. The number of hydrogen-bond donors (Lipinski definition) is 2. The summed E-state index contributed by atoms with van der Waals surface area (Å²) in [5, 5.41) is 11.9. The van der Waals surface area contributed by atoms with Gasteiger partial charge < -0.3 is 15.2 Å². The van der Waals surface area contributed by atoms with Crippen LogP contribution in [0.4, 0.5) is 0 Å². The van der Waals surface area contributed by atoms with E-state index in [-0.39, 0.29) is 24.7 Å². The summed E-state index contributed by atoms with van der Waals surface area (Å²) in [5.41, 5.74) is 0. The fourth-order valence-corrected chi connectivity index (χ4v) is 2.63. The minimum absolute atomic E-state index is 0.0805. The van der Waals surface area contributed by atoms with Crippen molar-refractivity contribution in [2.24, 2.45) is 5.92 Å². The van der Waals surface area contributed by atoms with Gasteiger partial charge in [-0.05, 0) is 25.7 Å². The Morgan fingerprint density at radius 3 is 2.76 bits per heavy atom. The van der Waals surface area contributed by atoms with Crippen molar-refractivity contribution in [1.82, 2.24) is 10.2 Å². The molecule has 0 bridgehead atoms. The second kappa shape index (κ2) is 8.79. The number of nitrogens with zero attached hydrogens (tertiary/aromatic N) is 1. The van der Waals surface area contributed by atoms with Gasteiger partial charge >= 0.3 is 5.97 Å². The first-order chi connectivity index (χ1) is 9.97. The first-order valence-corrected chi connectivity index (χ1v) is 7.43. The lowest BCUT2D eigenvalue weighted by Gasteiger charge is -2.26. The summed E-state index contributed by atoms with van der Waals surface area (Å²) in [7, 11) is 0. The highest BCUT2D eigenvalue weighted by Gasteiger charge is 2.36. The van der Waals surface area contributed by atoms with Gasteiger partial charge in [-0.1, -0.05) is 19.1 Å². The number of carboxylic acid groups (broad SMARTS) is 1. The summed E-state index contributed by atoms with van der Waals surface area (Å²) in [6, 6.07) is -0.454. The van der Waals surface area contributed by atoms with Crippen molar-refractivity contribution in [3.63, 3.8) is 0 Å². The highest BCUT2D eigenvalue weighted by Crippen LogP contribution is 2.25. The van der Waals surface area contributed by atoms with Gasteiger partial charge in [0.05, 0.1) is 6.10 Å². The number of allylic oxidation sites excluding steroid dienone is 1. The Labute approximate surface area is 126 Å². The molecule has 2 N–H and O–H groups in total. The minimum Gasteiger partial charge on any atom is -0.480 e. The molecule has 120 valence electrons. The van der Waals surface area contributed by atoms with Crippen LogP contribution in [0, 0.1) is 5.92 Å². The SMILES string of the molecule is C/C=C\C1CC(C(=O)O)N(CC(CC)OCNC(C)=O)C1. The predicted octanol–water partition coefficient (Wildman–Crippen LogP) is 1.23. The van der Waals surface area contributed by atoms with Gasteiger partial charge in [0, 0.05) is 20.0 Å². The largest absolute Gasteiger partial charge is 0.480 e. The zero-order valence-electron chi connectivity index (χ0n) is 13.0. The Morgan fingerprint density at radius 1 is 1.52 bits per heavy atom. The highest BCUT2D eigenvalue weighted by molar-refractivity contribution is 5.74. The van der Waals surface area contributed by atoms with Gasteiger partial charge in [-0.3, -0.25) is 14.5 Å². The molecule has 0 aromatic rings. The van der Waals surface area contributed by atoms with E-state index in [0.717, 1.165) is 13.0 Å². The van der Waals surface area contributed by atoms with E-state index < -0.39 is 12.0 Å². The summed E-state index contributed by atoms with van der Waals surface area (Å²) >= 11 is 0. The maximum absolute atomic E-state index is 11.4. The third-order valence-corrected chi connectivity index (χ3v) is 3.72. The summed E-state index contributed by atoms with van der Waals surface area (Å²) in [4.78, 5) is 24.2. The summed E-state index contributed by atoms with van der Waals surface area (Å²) in [6.07, 6.45) is 5.37. The van der Waals surface area contributed by atoms with Gasteiger partial charge in [0.2, 0.25) is 5.91 Å². The van der Waals surface area contributed by atoms with Crippen molar-refractivity contribution in [3.8, 4) is 0 Å². The Balaban J connectivity index is 2.55. The topological polar surface area (TPSA) is 78.9 Å². The molecule has 21 heavy (non-hydrogen) atoms. The van der Waals surface area contributed by atoms with Gasteiger partial charge in [0.1, 0.15) is 12.8 Å². The quantitative estimate of drug-likeness (QED) is 0.520. The van der Waals surface area contributed by atoms with Crippen LogP contribution in [0.3, 0.4) is 0 Å². The van der Waals surface area contributed by atoms with Crippen molar-refractivity contribution < 1.29 is 19.4 Å². The van der Waals surface area contributed by atoms with E-state index in [1.165, 1.54) is 6.92 Å². The molecule has 1 aliphatic heterocycles. The lowest BCUT2D eigenvalue weighted by atomic mass is 10.1. The van der Waals surface area contributed by atoms with Crippen LogP contribution in [0.1, 0.15) is 33.6 Å². The maximum atomic E-state index is 11.4. The van der Waals surface area contributed by atoms with Crippen molar-refractivity contribution in [2.75, 3.05) is 19.8 Å². The molecule has 0 radical (unpaired) electrons. The number of aliphatic carboxylic acids is 1. The number of likely N-dealkylation sites (tertiary alicyclic amines) is 1. The second-order valence-corrected chi connectivity index (χ2v) is 5.40. The molecule has 1 saturated heterocycles. The maximum Gasteiger partial charge on any atom is 0.320 e. The average molecular weight is 298 g/mol. The van der Waals surface area contributed by atoms with Gasteiger partial charge in [0.15, 0.2) is 0 Å². The highest BCUT2D eigenvalue weighted by atomic mass is 16.5. The molecule has 0 saturated carbocycles. The zero-order valence-corrected chi connectivity index (χ0v) is 13.0. The van der Waals surface area contributed by atoms with Crippen LogP contribution in [0.2, 0.25) is 0 Å². The molecule has 1 amide bonds. The van der Waals surface area contributed by atoms with Gasteiger partial charge in [-0.15, -0.1) is 0 Å². The van der Waals surface area contributed by atoms with E-state index in [1.807, 2.05) is 24.8 Å². The molecule has 1 fully saturated rings. The third-order valence-electron chi connectivity index (χ3n) is 3.72. The smallest absolute Gasteiger partial charge is 0.320 e. The van der Waals surface area contributed by atoms with Crippen LogP contribution in [-0.4, -0.2) is 53.8 Å². The Hall–Kier alpha value is -1.40. The van der Waals surface area contributed by atoms with Crippen molar-refractivity contribution in [3.05, 3.63) is 12.2 Å². The molecule has 0 spiro atoms. The molecular weight excluding hydrogens is 272 g/mol. The number of ether oxygens (including phenoxy) is 1. The molecule has 0 aromatic carbocycles. The van der Waals surface area contributed by atoms with E-state index in [2.05, 4.69) is 11.4 Å². The number of carbonyl (C=O) groups is 2. The molecule has 6 nitrogen and oxygen atoms in total. The van der Waals surface area contributed by atoms with Crippen molar-refractivity contribution in [1.29, 1.82) is 0 Å². The lowest BCUT2D eigenvalue weighted by Crippen LogP contribution is -2.42. The van der Waals surface area contributed by atoms with Crippen LogP contribution >= 0.6 is 0 Å². The molecule has 1 rings (SSSR count). The monoisotopic (exact) mass is 298 g/mol. The molecular formula is C15H26N2O4. The van der Waals surface area contributed by atoms with Crippen LogP contribution < -0.4 is 5.32 Å². The van der Waals surface area contributed by atoms with E-state index in [9.17, 15) is 14.7 Å². The molecule has 1 heterocycles. The van der Waals surface area contributed by atoms with Gasteiger partial charge in [0.25, 0.3) is 0 Å². The van der Waals surface area contributed by atoms with E-state index >= 15 is 0 Å². The Kier molecular flexibility index (Phi) is 7.39. The van der Waals surface area contributed by atoms with Gasteiger partial charge in [-0.2, -0.15) is 0 Å². The number of rotatable bonds is 8. The molecule has 0 aliphatic carbocycles. The van der Waals surface area contributed by atoms with Crippen molar-refractivity contribution in [2.45, 2.75) is 45.8 Å². The van der Waals surface area contributed by atoms with Crippen LogP contribution in [0.5, 0.6) is 0 Å². The molecule has 3 unspecified atom stereocenters. The fraction of sp³-hybridized carbons (Fsp3) is 0.733. The number of nitrogens with one attached hydrogen (secondary N) is 1. The molecule has 0 aromatic heterocycles. The summed E-state index contributed by atoms with van der Waals surface area (Å²) in [6.45, 7) is 6.85. The van der Waals surface area contributed by atoms with Crippen LogP contribution in [0.15, 0.2) is 12.2 Å². The third kappa shape index (κ3) is 5.85. The van der Waals surface area contributed by atoms with E-state index in [4.69, 9.17) is 4.74 Å². The summed E-state index contributed by atoms with van der Waals surface area (Å²) in [5.74, 6) is -0.634. The molecule has 3 atom stereocenters. The zero-order chi connectivity index (χ0) is 15.8. The summed E-state index contributed by atoms with van der Waals surface area (Å²) < 4.78 is 5.60. The standard InChI is InChI=1S/C15H26N2O4/c1-4-6-12-7-14(15(19)20)17(8-12)9-13(5-2)21-10-16-11(3)18/h4,6,12-14H,5,7-10H2,1-3H3,(H,16,18)(H,19,20)/b6-4-. The molecule has 6 heteroatoms. The van der Waals surface area contributed by atoms with E-state index in [1.54, 1.807) is 0 Å². The van der Waals surface area contributed by atoms with Crippen LogP contribution in [-0.2, 0) is 14.3 Å².